The highest BCUT2D eigenvalue weighted by molar-refractivity contribution is 5.80. The Balaban J connectivity index is 2.41. The Bertz CT molecular complexity index is 1240. The van der Waals surface area contributed by atoms with Gasteiger partial charge < -0.3 is 50.5 Å². The summed E-state index contributed by atoms with van der Waals surface area (Å²) in [6.45, 7) is 3.31. The van der Waals surface area contributed by atoms with Crippen LogP contribution in [0.15, 0.2) is 60.8 Å². The van der Waals surface area contributed by atoms with E-state index in [-0.39, 0.29) is 12.8 Å². The Morgan fingerprint density at radius 2 is 1.02 bits per heavy atom. The van der Waals surface area contributed by atoms with Crippen LogP contribution in [0.2, 0.25) is 0 Å². The van der Waals surface area contributed by atoms with Gasteiger partial charge in [0.2, 0.25) is 5.91 Å². The third-order valence-corrected chi connectivity index (χ3v) is 12.3. The highest BCUT2D eigenvalue weighted by atomic mass is 16.7. The molecule has 1 heterocycles. The third-order valence-electron chi connectivity index (χ3n) is 12.3. The number of allylic oxidation sites excluding steroid dienone is 10. The van der Waals surface area contributed by atoms with Crippen molar-refractivity contribution in [3.05, 3.63) is 60.8 Å². The fourth-order valence-corrected chi connectivity index (χ4v) is 7.98. The molecule has 1 amide bonds. The van der Waals surface area contributed by atoms with Crippen LogP contribution >= 0.6 is 0 Å². The van der Waals surface area contributed by atoms with Gasteiger partial charge in [-0.15, -0.1) is 0 Å². The van der Waals surface area contributed by atoms with E-state index in [9.17, 15) is 40.5 Å². The normalized spacial score (nSPS) is 21.4. The summed E-state index contributed by atoms with van der Waals surface area (Å²) in [5, 5.41) is 75.9. The predicted molar refractivity (Wildman–Crippen MR) is 265 cm³/mol. The third kappa shape index (κ3) is 32.2. The largest absolute Gasteiger partial charge is 0.394 e. The fraction of sp³-hybridized carbons (Fsp3) is 0.796. The second-order valence-electron chi connectivity index (χ2n) is 18.2. The average Bonchev–Trinajstić information content (AvgIpc) is 3.31. The summed E-state index contributed by atoms with van der Waals surface area (Å²) in [6, 6.07) is -1.20. The number of carbonyl (C=O) groups is 1. The van der Waals surface area contributed by atoms with E-state index in [1.165, 1.54) is 103 Å². The summed E-state index contributed by atoms with van der Waals surface area (Å²) < 4.78 is 11.1. The van der Waals surface area contributed by atoms with Crippen LogP contribution in [0.3, 0.4) is 0 Å². The summed E-state index contributed by atoms with van der Waals surface area (Å²) in [5.41, 5.74) is 0. The average molecular weight is 920 g/mol. The second-order valence-corrected chi connectivity index (χ2v) is 18.2. The van der Waals surface area contributed by atoms with Gasteiger partial charge in [-0.25, -0.2) is 0 Å². The smallest absolute Gasteiger partial charge is 0.249 e. The van der Waals surface area contributed by atoms with Gasteiger partial charge in [0, 0.05) is 0 Å². The first kappa shape index (κ1) is 60.8. The molecule has 378 valence electrons. The molecule has 11 nitrogen and oxygen atoms in total. The molecule has 0 aliphatic carbocycles. The highest BCUT2D eigenvalue weighted by Gasteiger charge is 2.44. The van der Waals surface area contributed by atoms with Crippen molar-refractivity contribution in [2.24, 2.45) is 0 Å². The van der Waals surface area contributed by atoms with Gasteiger partial charge in [-0.3, -0.25) is 4.79 Å². The predicted octanol–water partition coefficient (Wildman–Crippen LogP) is 9.89. The highest BCUT2D eigenvalue weighted by Crippen LogP contribution is 2.23. The lowest BCUT2D eigenvalue weighted by Gasteiger charge is -2.40. The Morgan fingerprint density at radius 1 is 0.554 bits per heavy atom. The number of ether oxygens (including phenoxy) is 2. The van der Waals surface area contributed by atoms with Crippen LogP contribution in [0.5, 0.6) is 0 Å². The van der Waals surface area contributed by atoms with Crippen molar-refractivity contribution in [2.45, 2.75) is 262 Å². The van der Waals surface area contributed by atoms with Crippen LogP contribution in [-0.4, -0.2) is 110 Å². The molecule has 0 radical (unpaired) electrons. The lowest BCUT2D eigenvalue weighted by atomic mass is 9.98. The van der Waals surface area contributed by atoms with E-state index >= 15 is 0 Å². The minimum atomic E-state index is -1.67. The van der Waals surface area contributed by atoms with Crippen LogP contribution in [0.4, 0.5) is 0 Å². The first-order valence-corrected chi connectivity index (χ1v) is 26.2. The van der Waals surface area contributed by atoms with Crippen molar-refractivity contribution in [1.82, 2.24) is 5.32 Å². The molecule has 0 aromatic heterocycles. The first-order chi connectivity index (χ1) is 31.7. The Hall–Kier alpha value is -2.19. The monoisotopic (exact) mass is 920 g/mol. The van der Waals surface area contributed by atoms with Crippen LogP contribution in [0.25, 0.3) is 0 Å². The summed E-state index contributed by atoms with van der Waals surface area (Å²) in [6.07, 6.45) is 42.6. The van der Waals surface area contributed by atoms with E-state index in [1.807, 2.05) is 0 Å². The Kier molecular flexibility index (Phi) is 40.3. The molecular formula is C54H97NO10. The SMILES string of the molecule is CC/C=C\C/C=C\CCCCCCCCCCCCCCCC(O)C(=O)NC(COC1OC(CO)C(O)C(O)C1O)C(O)C(O)CCC/C=C/CC/C=C/CC/C=C/CCCCCCC. The molecule has 1 rings (SSSR count). The zero-order valence-electron chi connectivity index (χ0n) is 41.0. The van der Waals surface area contributed by atoms with E-state index in [4.69, 9.17) is 9.47 Å². The fourth-order valence-electron chi connectivity index (χ4n) is 7.98. The van der Waals surface area contributed by atoms with E-state index in [2.05, 4.69) is 79.9 Å². The van der Waals surface area contributed by atoms with Gasteiger partial charge in [-0.1, -0.05) is 177 Å². The summed E-state index contributed by atoms with van der Waals surface area (Å²) in [4.78, 5) is 13.1. The van der Waals surface area contributed by atoms with E-state index in [0.717, 1.165) is 57.8 Å². The zero-order chi connectivity index (χ0) is 47.6. The van der Waals surface area contributed by atoms with Crippen LogP contribution in [-0.2, 0) is 14.3 Å². The first-order valence-electron chi connectivity index (χ1n) is 26.2. The second kappa shape index (κ2) is 43.1. The zero-order valence-corrected chi connectivity index (χ0v) is 41.0. The number of hydrogen-bond acceptors (Lipinski definition) is 10. The van der Waals surface area contributed by atoms with Crippen LogP contribution in [0, 0.1) is 0 Å². The molecule has 0 aromatic rings. The topological polar surface area (TPSA) is 189 Å². The molecule has 1 aliphatic heterocycles. The summed E-state index contributed by atoms with van der Waals surface area (Å²) in [5.74, 6) is -0.715. The molecule has 1 fully saturated rings. The van der Waals surface area contributed by atoms with Gasteiger partial charge in [0.1, 0.15) is 36.6 Å². The number of aliphatic hydroxyl groups excluding tert-OH is 7. The minimum Gasteiger partial charge on any atom is -0.394 e. The van der Waals surface area contributed by atoms with Crippen molar-refractivity contribution < 1.29 is 50.0 Å². The van der Waals surface area contributed by atoms with Crippen molar-refractivity contribution in [2.75, 3.05) is 13.2 Å². The van der Waals surface area contributed by atoms with Gasteiger partial charge in [0.15, 0.2) is 6.29 Å². The molecule has 0 saturated carbocycles. The van der Waals surface area contributed by atoms with Crippen molar-refractivity contribution in [3.63, 3.8) is 0 Å². The van der Waals surface area contributed by atoms with Gasteiger partial charge in [0.25, 0.3) is 0 Å². The van der Waals surface area contributed by atoms with Crippen molar-refractivity contribution in [3.8, 4) is 0 Å². The number of hydrogen-bond donors (Lipinski definition) is 8. The summed E-state index contributed by atoms with van der Waals surface area (Å²) in [7, 11) is 0. The number of unbranched alkanes of at least 4 members (excludes halogenated alkanes) is 21. The van der Waals surface area contributed by atoms with Crippen molar-refractivity contribution >= 4 is 5.91 Å². The minimum absolute atomic E-state index is 0.239. The Labute approximate surface area is 395 Å². The molecule has 0 bridgehead atoms. The molecule has 0 spiro atoms. The lowest BCUT2D eigenvalue weighted by molar-refractivity contribution is -0.303. The molecule has 1 saturated heterocycles. The van der Waals surface area contributed by atoms with E-state index in [1.54, 1.807) is 0 Å². The molecule has 8 N–H and O–H groups in total. The Morgan fingerprint density at radius 3 is 1.54 bits per heavy atom. The maximum Gasteiger partial charge on any atom is 0.249 e. The van der Waals surface area contributed by atoms with Crippen molar-refractivity contribution in [1.29, 1.82) is 0 Å². The van der Waals surface area contributed by atoms with Gasteiger partial charge in [0.05, 0.1) is 25.4 Å². The molecule has 65 heavy (non-hydrogen) atoms. The number of rotatable bonds is 43. The molecule has 9 atom stereocenters. The molecule has 0 aromatic carbocycles. The lowest BCUT2D eigenvalue weighted by Crippen LogP contribution is -2.60. The molecule has 1 aliphatic rings. The number of nitrogens with one attached hydrogen (secondary N) is 1. The van der Waals surface area contributed by atoms with Crippen LogP contribution < -0.4 is 5.32 Å². The van der Waals surface area contributed by atoms with Crippen LogP contribution in [0.1, 0.15) is 206 Å². The van der Waals surface area contributed by atoms with Gasteiger partial charge in [-0.05, 0) is 89.9 Å². The maximum atomic E-state index is 13.1. The number of carbonyl (C=O) groups excluding carboxylic acids is 1. The number of aliphatic hydroxyl groups is 7. The van der Waals surface area contributed by atoms with Gasteiger partial charge >= 0.3 is 0 Å². The van der Waals surface area contributed by atoms with Gasteiger partial charge in [-0.2, -0.15) is 0 Å². The standard InChI is InChI=1S/C54H97NO10/c1-3-5-7-9-11-13-15-17-19-21-23-24-26-28-30-32-34-36-38-40-42-47(58)53(63)55-45(44-64-54-52(62)51(61)50(60)48(43-56)65-54)49(59)46(57)41-39-37-35-33-31-29-27-25-22-20-18-16-14-12-10-8-6-4-2/h5,7,11,13,16,18,25,27,33,35,45-52,54,56-62H,3-4,6,8-10,12,14-15,17,19-24,26,28-32,34,36-44H2,1-2H3,(H,55,63)/b7-5-,13-11-,18-16+,27-25+,35-33+. The maximum absolute atomic E-state index is 13.1. The van der Waals surface area contributed by atoms with E-state index in [0.29, 0.717) is 19.3 Å². The quantitative estimate of drug-likeness (QED) is 0.0216. The molecule has 11 heteroatoms. The number of amides is 1. The molecular weight excluding hydrogens is 823 g/mol. The molecule has 9 unspecified atom stereocenters. The summed E-state index contributed by atoms with van der Waals surface area (Å²) >= 11 is 0. The van der Waals surface area contributed by atoms with E-state index < -0.39 is 74.2 Å².